The Hall–Kier alpha value is -0.950. The van der Waals surface area contributed by atoms with Gasteiger partial charge in [-0.25, -0.2) is 4.79 Å². The maximum Gasteiger partial charge on any atom is 0.330 e. The molecule has 3 unspecified atom stereocenters. The fourth-order valence-electron chi connectivity index (χ4n) is 2.08. The van der Waals surface area contributed by atoms with E-state index in [2.05, 4.69) is 4.74 Å². The van der Waals surface area contributed by atoms with Gasteiger partial charge in [0.15, 0.2) is 6.29 Å². The minimum atomic E-state index is -0.779. The molecule has 1 rings (SSSR count). The molecule has 1 fully saturated rings. The first-order valence-corrected chi connectivity index (χ1v) is 7.42. The van der Waals surface area contributed by atoms with Crippen LogP contribution < -0.4 is 0 Å². The molecule has 1 saturated heterocycles. The summed E-state index contributed by atoms with van der Waals surface area (Å²) < 4.78 is 15.4. The van der Waals surface area contributed by atoms with Gasteiger partial charge >= 0.3 is 5.97 Å². The van der Waals surface area contributed by atoms with Gasteiger partial charge in [-0.05, 0) is 26.2 Å². The number of esters is 1. The number of aliphatic hydroxyl groups excluding tert-OH is 2. The SMILES string of the molecule is COC(=O)/C=C/CCCCCOC1OC(C)[C@H](O)CC1O. The molecule has 1 aliphatic heterocycles. The molecule has 0 amide bonds. The van der Waals surface area contributed by atoms with E-state index in [1.165, 1.54) is 13.2 Å². The van der Waals surface area contributed by atoms with Gasteiger partial charge in [0, 0.05) is 19.1 Å². The number of unbranched alkanes of at least 4 members (excludes halogenated alkanes) is 3. The van der Waals surface area contributed by atoms with E-state index in [0.29, 0.717) is 6.61 Å². The van der Waals surface area contributed by atoms with Crippen LogP contribution in [0.25, 0.3) is 0 Å². The lowest BCUT2D eigenvalue weighted by Gasteiger charge is -2.35. The number of aliphatic hydroxyl groups is 2. The monoisotopic (exact) mass is 302 g/mol. The number of hydrogen-bond acceptors (Lipinski definition) is 6. The molecular weight excluding hydrogens is 276 g/mol. The van der Waals surface area contributed by atoms with Gasteiger partial charge in [0.1, 0.15) is 6.10 Å². The standard InChI is InChI=1S/C15H26O6/c1-11-12(16)10-13(17)15(21-11)20-9-7-5-3-4-6-8-14(18)19-2/h6,8,11-13,15-17H,3-5,7,9-10H2,1-2H3/b8-6+/t11?,12-,13?,15?/m1/s1. The Kier molecular flexibility index (Phi) is 8.52. The highest BCUT2D eigenvalue weighted by Gasteiger charge is 2.34. The number of rotatable bonds is 8. The van der Waals surface area contributed by atoms with Crippen molar-refractivity contribution in [3.8, 4) is 0 Å². The van der Waals surface area contributed by atoms with Crippen LogP contribution in [-0.4, -0.2) is 54.5 Å². The smallest absolute Gasteiger partial charge is 0.330 e. The molecule has 1 heterocycles. The molecule has 0 aliphatic carbocycles. The molecule has 0 saturated carbocycles. The largest absolute Gasteiger partial charge is 0.466 e. The third-order valence-electron chi connectivity index (χ3n) is 3.44. The Labute approximate surface area is 125 Å². The predicted octanol–water partition coefficient (Wildman–Crippen LogP) is 1.15. The van der Waals surface area contributed by atoms with Gasteiger partial charge in [-0.15, -0.1) is 0 Å². The number of hydrogen-bond donors (Lipinski definition) is 2. The van der Waals surface area contributed by atoms with Crippen molar-refractivity contribution in [2.45, 2.75) is 63.6 Å². The Balaban J connectivity index is 2.04. The molecule has 0 aromatic carbocycles. The van der Waals surface area contributed by atoms with Crippen molar-refractivity contribution in [3.05, 3.63) is 12.2 Å². The lowest BCUT2D eigenvalue weighted by molar-refractivity contribution is -0.261. The van der Waals surface area contributed by atoms with E-state index in [0.717, 1.165) is 25.7 Å². The molecule has 0 spiro atoms. The summed E-state index contributed by atoms with van der Waals surface area (Å²) in [4.78, 5) is 10.8. The molecule has 0 aromatic rings. The van der Waals surface area contributed by atoms with Gasteiger partial charge in [0.25, 0.3) is 0 Å². The maximum atomic E-state index is 10.8. The van der Waals surface area contributed by atoms with Gasteiger partial charge in [0.2, 0.25) is 0 Å². The minimum absolute atomic E-state index is 0.282. The highest BCUT2D eigenvalue weighted by molar-refractivity contribution is 5.81. The normalized spacial score (nSPS) is 29.7. The first kappa shape index (κ1) is 18.1. The third kappa shape index (κ3) is 7.04. The van der Waals surface area contributed by atoms with E-state index in [-0.39, 0.29) is 18.5 Å². The van der Waals surface area contributed by atoms with Crippen molar-refractivity contribution in [2.24, 2.45) is 0 Å². The second-order valence-corrected chi connectivity index (χ2v) is 5.23. The zero-order chi connectivity index (χ0) is 15.7. The Morgan fingerprint density at radius 2 is 2.05 bits per heavy atom. The van der Waals surface area contributed by atoms with E-state index in [9.17, 15) is 15.0 Å². The Morgan fingerprint density at radius 1 is 1.29 bits per heavy atom. The maximum absolute atomic E-state index is 10.8. The van der Waals surface area contributed by atoms with Crippen molar-refractivity contribution < 1.29 is 29.2 Å². The van der Waals surface area contributed by atoms with E-state index in [4.69, 9.17) is 9.47 Å². The first-order chi connectivity index (χ1) is 10.0. The van der Waals surface area contributed by atoms with Crippen molar-refractivity contribution >= 4 is 5.97 Å². The first-order valence-electron chi connectivity index (χ1n) is 7.42. The Bertz CT molecular complexity index is 330. The van der Waals surface area contributed by atoms with Crippen molar-refractivity contribution in [1.29, 1.82) is 0 Å². The molecule has 0 bridgehead atoms. The minimum Gasteiger partial charge on any atom is -0.466 e. The number of methoxy groups -OCH3 is 1. The summed E-state index contributed by atoms with van der Waals surface area (Å²) in [5.41, 5.74) is 0. The fourth-order valence-corrected chi connectivity index (χ4v) is 2.08. The topological polar surface area (TPSA) is 85.2 Å². The summed E-state index contributed by atoms with van der Waals surface area (Å²) >= 11 is 0. The molecule has 122 valence electrons. The van der Waals surface area contributed by atoms with Gasteiger partial charge < -0.3 is 24.4 Å². The van der Waals surface area contributed by atoms with E-state index < -0.39 is 18.5 Å². The summed E-state index contributed by atoms with van der Waals surface area (Å²) in [6.07, 6.45) is 4.72. The molecule has 0 radical (unpaired) electrons. The third-order valence-corrected chi connectivity index (χ3v) is 3.44. The van der Waals surface area contributed by atoms with Crippen LogP contribution in [0.3, 0.4) is 0 Å². The van der Waals surface area contributed by atoms with Crippen LogP contribution in [-0.2, 0) is 19.0 Å². The number of allylic oxidation sites excluding steroid dienone is 1. The molecule has 6 heteroatoms. The van der Waals surface area contributed by atoms with Gasteiger partial charge in [-0.2, -0.15) is 0 Å². The van der Waals surface area contributed by atoms with Crippen LogP contribution in [0.5, 0.6) is 0 Å². The zero-order valence-corrected chi connectivity index (χ0v) is 12.7. The second kappa shape index (κ2) is 9.89. The quantitative estimate of drug-likeness (QED) is 0.397. The summed E-state index contributed by atoms with van der Waals surface area (Å²) in [5.74, 6) is -0.335. The van der Waals surface area contributed by atoms with Crippen molar-refractivity contribution in [3.63, 3.8) is 0 Å². The lowest BCUT2D eigenvalue weighted by Crippen LogP contribution is -2.47. The van der Waals surface area contributed by atoms with E-state index in [1.54, 1.807) is 13.0 Å². The second-order valence-electron chi connectivity index (χ2n) is 5.23. The average Bonchev–Trinajstić information content (AvgIpc) is 2.46. The van der Waals surface area contributed by atoms with E-state index in [1.807, 2.05) is 0 Å². The number of ether oxygens (including phenoxy) is 3. The van der Waals surface area contributed by atoms with Crippen LogP contribution in [0, 0.1) is 0 Å². The molecule has 0 aromatic heterocycles. The van der Waals surface area contributed by atoms with Crippen LogP contribution >= 0.6 is 0 Å². The van der Waals surface area contributed by atoms with Crippen LogP contribution in [0.15, 0.2) is 12.2 Å². The fraction of sp³-hybridized carbons (Fsp3) is 0.800. The number of carbonyl (C=O) groups is 1. The molecule has 4 atom stereocenters. The Morgan fingerprint density at radius 3 is 2.76 bits per heavy atom. The molecule has 1 aliphatic rings. The van der Waals surface area contributed by atoms with Crippen LogP contribution in [0.1, 0.15) is 39.0 Å². The van der Waals surface area contributed by atoms with Gasteiger partial charge in [-0.3, -0.25) is 0 Å². The predicted molar refractivity (Wildman–Crippen MR) is 76.5 cm³/mol. The van der Waals surface area contributed by atoms with Crippen LogP contribution in [0.4, 0.5) is 0 Å². The summed E-state index contributed by atoms with van der Waals surface area (Å²) in [7, 11) is 1.35. The summed E-state index contributed by atoms with van der Waals surface area (Å²) in [5, 5.41) is 19.3. The van der Waals surface area contributed by atoms with Crippen molar-refractivity contribution in [2.75, 3.05) is 13.7 Å². The summed E-state index contributed by atoms with van der Waals surface area (Å²) in [6.45, 7) is 2.27. The lowest BCUT2D eigenvalue weighted by atomic mass is 10.0. The zero-order valence-electron chi connectivity index (χ0n) is 12.7. The van der Waals surface area contributed by atoms with E-state index >= 15 is 0 Å². The molecule has 6 nitrogen and oxygen atoms in total. The summed E-state index contributed by atoms with van der Waals surface area (Å²) in [6, 6.07) is 0. The molecule has 2 N–H and O–H groups in total. The van der Waals surface area contributed by atoms with Gasteiger partial charge in [0.05, 0.1) is 19.3 Å². The molecule has 21 heavy (non-hydrogen) atoms. The average molecular weight is 302 g/mol. The van der Waals surface area contributed by atoms with Gasteiger partial charge in [-0.1, -0.05) is 12.5 Å². The molecular formula is C15H26O6. The highest BCUT2D eigenvalue weighted by atomic mass is 16.7. The highest BCUT2D eigenvalue weighted by Crippen LogP contribution is 2.21. The van der Waals surface area contributed by atoms with Crippen LogP contribution in [0.2, 0.25) is 0 Å². The van der Waals surface area contributed by atoms with Crippen molar-refractivity contribution in [1.82, 2.24) is 0 Å². The number of carbonyl (C=O) groups excluding carboxylic acids is 1.